The molecular weight excluding hydrogens is 398 g/mol. The highest BCUT2D eigenvalue weighted by Crippen LogP contribution is 2.26. The van der Waals surface area contributed by atoms with Gasteiger partial charge in [0, 0.05) is 16.6 Å². The highest BCUT2D eigenvalue weighted by atomic mass is 32.1. The Balaban J connectivity index is 2.11. The van der Waals surface area contributed by atoms with Gasteiger partial charge in [-0.1, -0.05) is 12.1 Å². The van der Waals surface area contributed by atoms with Gasteiger partial charge in [0.25, 0.3) is 5.91 Å². The maximum atomic E-state index is 12.3. The summed E-state index contributed by atoms with van der Waals surface area (Å²) in [6, 6.07) is 5.76. The molecule has 1 atom stereocenters. The highest BCUT2D eigenvalue weighted by molar-refractivity contribution is 7.13. The zero-order valence-corrected chi connectivity index (χ0v) is 17.3. The first-order chi connectivity index (χ1) is 13.6. The molecule has 0 aliphatic carbocycles. The first-order valence-electron chi connectivity index (χ1n) is 8.68. The molecule has 0 aliphatic rings. The van der Waals surface area contributed by atoms with Gasteiger partial charge in [0.05, 0.1) is 13.7 Å². The van der Waals surface area contributed by atoms with E-state index in [4.69, 9.17) is 4.74 Å². The van der Waals surface area contributed by atoms with Gasteiger partial charge in [0.2, 0.25) is 0 Å². The molecule has 1 heterocycles. The summed E-state index contributed by atoms with van der Waals surface area (Å²) in [5.41, 5.74) is 0.687. The minimum Gasteiger partial charge on any atom is -0.467 e. The third kappa shape index (κ3) is 6.54. The molecule has 0 radical (unpaired) electrons. The van der Waals surface area contributed by atoms with Crippen molar-refractivity contribution in [2.24, 2.45) is 0 Å². The number of methoxy groups -OCH3 is 1. The molecule has 0 spiro atoms. The summed E-state index contributed by atoms with van der Waals surface area (Å²) in [5, 5.41) is 16.3. The highest BCUT2D eigenvalue weighted by Gasteiger charge is 2.23. The van der Waals surface area contributed by atoms with E-state index >= 15 is 0 Å². The average Bonchev–Trinajstić information content (AvgIpc) is 3.14. The van der Waals surface area contributed by atoms with Crippen molar-refractivity contribution < 1.29 is 29.0 Å². The van der Waals surface area contributed by atoms with Crippen molar-refractivity contribution in [2.75, 3.05) is 19.0 Å². The van der Waals surface area contributed by atoms with Crippen molar-refractivity contribution in [3.63, 3.8) is 0 Å². The van der Waals surface area contributed by atoms with Gasteiger partial charge in [0.15, 0.2) is 6.04 Å². The van der Waals surface area contributed by atoms with Crippen molar-refractivity contribution in [3.8, 4) is 10.6 Å². The summed E-state index contributed by atoms with van der Waals surface area (Å²) in [6.45, 7) is 4.72. The Morgan fingerprint density at radius 2 is 2.00 bits per heavy atom. The molecule has 0 saturated heterocycles. The summed E-state index contributed by atoms with van der Waals surface area (Å²) in [7, 11) is 1.16. The molecule has 0 unspecified atom stereocenters. The first-order valence-corrected chi connectivity index (χ1v) is 9.56. The second kappa shape index (κ2) is 9.48. The van der Waals surface area contributed by atoms with E-state index in [1.807, 2.05) is 0 Å². The lowest BCUT2D eigenvalue weighted by Crippen LogP contribution is -2.44. The second-order valence-electron chi connectivity index (χ2n) is 6.98. The molecule has 1 aromatic heterocycles. The topological polar surface area (TPSA) is 127 Å². The van der Waals surface area contributed by atoms with Gasteiger partial charge in [-0.25, -0.2) is 14.6 Å². The van der Waals surface area contributed by atoms with Gasteiger partial charge in [-0.3, -0.25) is 10.1 Å². The standard InChI is InChI=1S/C19H23N3O6S/c1-19(2,3)28-18(26)20-12-7-5-6-11(8-12)16-22-14(10-29-16)15(24)21-13(9-23)17(25)27-4/h5-8,10,13,23H,9H2,1-4H3,(H,20,26)(H,21,24)/t13-/m0/s1. The fourth-order valence-corrected chi connectivity index (χ4v) is 3.01. The lowest BCUT2D eigenvalue weighted by Gasteiger charge is -2.19. The summed E-state index contributed by atoms with van der Waals surface area (Å²) in [4.78, 5) is 39.9. The predicted octanol–water partition coefficient (Wildman–Crippen LogP) is 2.42. The lowest BCUT2D eigenvalue weighted by atomic mass is 10.2. The number of carbonyl (C=O) groups excluding carboxylic acids is 3. The number of anilines is 1. The van der Waals surface area contributed by atoms with Crippen LogP contribution in [0.15, 0.2) is 29.6 Å². The Hall–Kier alpha value is -2.98. The van der Waals surface area contributed by atoms with Gasteiger partial charge >= 0.3 is 12.1 Å². The van der Waals surface area contributed by atoms with Crippen LogP contribution >= 0.6 is 11.3 Å². The Bertz CT molecular complexity index is 890. The number of ether oxygens (including phenoxy) is 2. The van der Waals surface area contributed by atoms with Crippen LogP contribution in [0.4, 0.5) is 10.5 Å². The Kier molecular flexibility index (Phi) is 7.29. The molecule has 0 bridgehead atoms. The van der Waals surface area contributed by atoms with Gasteiger partial charge in [-0.05, 0) is 32.9 Å². The molecular formula is C19H23N3O6S. The lowest BCUT2D eigenvalue weighted by molar-refractivity contribution is -0.143. The SMILES string of the molecule is COC(=O)[C@H](CO)NC(=O)c1csc(-c2cccc(NC(=O)OC(C)(C)C)c2)n1. The zero-order valence-electron chi connectivity index (χ0n) is 16.5. The number of nitrogens with one attached hydrogen (secondary N) is 2. The van der Waals surface area contributed by atoms with Crippen LogP contribution < -0.4 is 10.6 Å². The number of thiazole rings is 1. The molecule has 2 amide bonds. The second-order valence-corrected chi connectivity index (χ2v) is 7.84. The molecule has 156 valence electrons. The number of aromatic nitrogens is 1. The number of esters is 1. The van der Waals surface area contributed by atoms with Crippen molar-refractivity contribution in [1.29, 1.82) is 0 Å². The van der Waals surface area contributed by atoms with Crippen LogP contribution in [-0.2, 0) is 14.3 Å². The number of rotatable bonds is 6. The average molecular weight is 421 g/mol. The van der Waals surface area contributed by atoms with Crippen molar-refractivity contribution >= 4 is 35.0 Å². The minimum atomic E-state index is -1.17. The first kappa shape index (κ1) is 22.3. The fourth-order valence-electron chi connectivity index (χ4n) is 2.22. The maximum absolute atomic E-state index is 12.3. The predicted molar refractivity (Wildman–Crippen MR) is 108 cm³/mol. The third-order valence-corrected chi connectivity index (χ3v) is 4.36. The van der Waals surface area contributed by atoms with Crippen LogP contribution in [0, 0.1) is 0 Å². The minimum absolute atomic E-state index is 0.0952. The van der Waals surface area contributed by atoms with E-state index in [0.29, 0.717) is 16.3 Å². The molecule has 9 nitrogen and oxygen atoms in total. The van der Waals surface area contributed by atoms with E-state index in [1.54, 1.807) is 45.0 Å². The van der Waals surface area contributed by atoms with Crippen molar-refractivity contribution in [1.82, 2.24) is 10.3 Å². The van der Waals surface area contributed by atoms with Crippen molar-refractivity contribution in [3.05, 3.63) is 35.3 Å². The van der Waals surface area contributed by atoms with E-state index < -0.39 is 36.2 Å². The van der Waals surface area contributed by atoms with E-state index in [9.17, 15) is 19.5 Å². The smallest absolute Gasteiger partial charge is 0.412 e. The summed E-state index contributed by atoms with van der Waals surface area (Å²) in [6.07, 6.45) is -0.577. The van der Waals surface area contributed by atoms with Gasteiger partial charge in [-0.15, -0.1) is 11.3 Å². The van der Waals surface area contributed by atoms with Crippen LogP contribution in [0.25, 0.3) is 10.6 Å². The molecule has 29 heavy (non-hydrogen) atoms. The Morgan fingerprint density at radius 3 is 2.62 bits per heavy atom. The molecule has 0 saturated carbocycles. The van der Waals surface area contributed by atoms with Crippen LogP contribution in [0.2, 0.25) is 0 Å². The number of hydrogen-bond donors (Lipinski definition) is 3. The summed E-state index contributed by atoms with van der Waals surface area (Å²) < 4.78 is 9.74. The number of hydrogen-bond acceptors (Lipinski definition) is 8. The summed E-state index contributed by atoms with van der Waals surface area (Å²) >= 11 is 1.22. The molecule has 2 rings (SSSR count). The molecule has 3 N–H and O–H groups in total. The molecule has 10 heteroatoms. The number of benzene rings is 1. The number of nitrogens with zero attached hydrogens (tertiary/aromatic N) is 1. The van der Waals surface area contributed by atoms with Crippen molar-refractivity contribution in [2.45, 2.75) is 32.4 Å². The summed E-state index contributed by atoms with van der Waals surface area (Å²) in [5.74, 6) is -1.36. The number of amides is 2. The van der Waals surface area contributed by atoms with Crippen LogP contribution in [0.1, 0.15) is 31.3 Å². The maximum Gasteiger partial charge on any atom is 0.412 e. The van der Waals surface area contributed by atoms with Gasteiger partial charge in [-0.2, -0.15) is 0 Å². The van der Waals surface area contributed by atoms with E-state index in [1.165, 1.54) is 16.7 Å². The van der Waals surface area contributed by atoms with E-state index in [-0.39, 0.29) is 5.69 Å². The normalized spacial score (nSPS) is 12.0. The third-order valence-electron chi connectivity index (χ3n) is 3.47. The monoisotopic (exact) mass is 421 g/mol. The Morgan fingerprint density at radius 1 is 1.28 bits per heavy atom. The van der Waals surface area contributed by atoms with E-state index in [0.717, 1.165) is 7.11 Å². The zero-order chi connectivity index (χ0) is 21.6. The van der Waals surface area contributed by atoms with E-state index in [2.05, 4.69) is 20.4 Å². The molecule has 0 fully saturated rings. The van der Waals surface area contributed by atoms with Gasteiger partial charge < -0.3 is 19.9 Å². The van der Waals surface area contributed by atoms with Crippen LogP contribution in [-0.4, -0.2) is 53.4 Å². The largest absolute Gasteiger partial charge is 0.467 e. The number of aliphatic hydroxyl groups is 1. The Labute approximate surface area is 172 Å². The molecule has 0 aliphatic heterocycles. The number of aliphatic hydroxyl groups excluding tert-OH is 1. The quantitative estimate of drug-likeness (QED) is 0.611. The fraction of sp³-hybridized carbons (Fsp3) is 0.368. The van der Waals surface area contributed by atoms with Gasteiger partial charge in [0.1, 0.15) is 16.3 Å². The molecule has 2 aromatic rings. The molecule has 1 aromatic carbocycles. The number of carbonyl (C=O) groups is 3. The van der Waals surface area contributed by atoms with Crippen LogP contribution in [0.3, 0.4) is 0 Å². The van der Waals surface area contributed by atoms with Crippen LogP contribution in [0.5, 0.6) is 0 Å².